The maximum atomic E-state index is 12.9. The van der Waals surface area contributed by atoms with Gasteiger partial charge in [0.1, 0.15) is 5.75 Å². The van der Waals surface area contributed by atoms with E-state index in [1.165, 1.54) is 35.4 Å². The van der Waals surface area contributed by atoms with E-state index in [-0.39, 0.29) is 12.5 Å². The summed E-state index contributed by atoms with van der Waals surface area (Å²) in [5.41, 5.74) is 4.16. The predicted molar refractivity (Wildman–Crippen MR) is 152 cm³/mol. The Labute approximate surface area is 226 Å². The minimum Gasteiger partial charge on any atom is -0.492 e. The lowest BCUT2D eigenvalue weighted by atomic mass is 10.0. The summed E-state index contributed by atoms with van der Waals surface area (Å²) < 4.78 is 32.3. The Balaban J connectivity index is 1.41. The smallest absolute Gasteiger partial charge is 0.251 e. The van der Waals surface area contributed by atoms with Gasteiger partial charge in [-0.05, 0) is 73.8 Å². The monoisotopic (exact) mass is 535 g/mol. The quantitative estimate of drug-likeness (QED) is 0.375. The molecule has 3 aromatic carbocycles. The maximum absolute atomic E-state index is 12.9. The number of nitrogens with one attached hydrogen (secondary N) is 1. The van der Waals surface area contributed by atoms with Crippen molar-refractivity contribution in [3.8, 4) is 5.75 Å². The number of carbonyl (C=O) groups is 1. The molecule has 38 heavy (non-hydrogen) atoms. The number of carbonyl (C=O) groups excluding carboxylic acids is 1. The molecule has 1 N–H and O–H groups in total. The molecule has 4 rings (SSSR count). The molecule has 1 aliphatic heterocycles. The molecule has 1 saturated heterocycles. The molecule has 0 saturated carbocycles. The summed E-state index contributed by atoms with van der Waals surface area (Å²) >= 11 is 0. The van der Waals surface area contributed by atoms with Crippen molar-refractivity contribution in [2.24, 2.45) is 0 Å². The largest absolute Gasteiger partial charge is 0.492 e. The minimum atomic E-state index is -3.57. The zero-order chi connectivity index (χ0) is 27.0. The lowest BCUT2D eigenvalue weighted by molar-refractivity contribution is 0.0950. The molecule has 0 radical (unpaired) electrons. The topological polar surface area (TPSA) is 79.0 Å². The fraction of sp³-hybridized carbons (Fsp3) is 0.367. The molecule has 1 heterocycles. The number of hydrogen-bond donors (Lipinski definition) is 1. The highest BCUT2D eigenvalue weighted by Gasteiger charge is 2.22. The number of sulfonamides is 1. The first-order valence-corrected chi connectivity index (χ1v) is 15.1. The summed E-state index contributed by atoms with van der Waals surface area (Å²) in [5, 5.41) is 3.04. The third kappa shape index (κ3) is 7.36. The van der Waals surface area contributed by atoms with Gasteiger partial charge in [0.25, 0.3) is 5.91 Å². The van der Waals surface area contributed by atoms with E-state index >= 15 is 0 Å². The van der Waals surface area contributed by atoms with Gasteiger partial charge in [-0.1, -0.05) is 55.0 Å². The van der Waals surface area contributed by atoms with Crippen LogP contribution in [0.15, 0.2) is 72.8 Å². The molecule has 0 spiro atoms. The molecule has 0 atom stereocenters. The first-order chi connectivity index (χ1) is 18.3. The molecule has 1 aliphatic rings. The van der Waals surface area contributed by atoms with Crippen LogP contribution in [-0.4, -0.2) is 45.2 Å². The second kappa shape index (κ2) is 12.9. The highest BCUT2D eigenvalue weighted by atomic mass is 32.2. The van der Waals surface area contributed by atoms with Crippen LogP contribution in [0.4, 0.5) is 5.69 Å². The predicted octanol–water partition coefficient (Wildman–Crippen LogP) is 4.97. The van der Waals surface area contributed by atoms with Crippen molar-refractivity contribution in [2.45, 2.75) is 45.8 Å². The van der Waals surface area contributed by atoms with E-state index in [9.17, 15) is 13.2 Å². The van der Waals surface area contributed by atoms with Gasteiger partial charge in [-0.3, -0.25) is 14.0 Å². The molecular formula is C30H37N3O4S. The van der Waals surface area contributed by atoms with E-state index in [0.29, 0.717) is 30.2 Å². The Morgan fingerprint density at radius 1 is 0.921 bits per heavy atom. The normalized spacial score (nSPS) is 14.2. The number of benzene rings is 3. The summed E-state index contributed by atoms with van der Waals surface area (Å²) in [5.74, 6) is 0.350. The molecule has 0 bridgehead atoms. The molecule has 0 unspecified atom stereocenters. The van der Waals surface area contributed by atoms with Crippen molar-refractivity contribution in [3.05, 3.63) is 95.1 Å². The number of hydrogen-bond acceptors (Lipinski definition) is 5. The number of anilines is 1. The van der Waals surface area contributed by atoms with Crippen molar-refractivity contribution >= 4 is 21.6 Å². The summed E-state index contributed by atoms with van der Waals surface area (Å²) in [6, 6.07) is 22.4. The van der Waals surface area contributed by atoms with E-state index in [1.807, 2.05) is 19.1 Å². The van der Waals surface area contributed by atoms with E-state index in [4.69, 9.17) is 4.74 Å². The van der Waals surface area contributed by atoms with Gasteiger partial charge >= 0.3 is 0 Å². The summed E-state index contributed by atoms with van der Waals surface area (Å²) in [7, 11) is -3.57. The second-order valence-corrected chi connectivity index (χ2v) is 11.6. The summed E-state index contributed by atoms with van der Waals surface area (Å²) in [4.78, 5) is 15.4. The van der Waals surface area contributed by atoms with Crippen molar-refractivity contribution in [3.63, 3.8) is 0 Å². The number of ether oxygens (including phenoxy) is 1. The van der Waals surface area contributed by atoms with E-state index in [0.717, 1.165) is 30.8 Å². The van der Waals surface area contributed by atoms with Gasteiger partial charge in [0.2, 0.25) is 10.0 Å². The van der Waals surface area contributed by atoms with Gasteiger partial charge < -0.3 is 10.1 Å². The lowest BCUT2D eigenvalue weighted by Gasteiger charge is -2.27. The van der Waals surface area contributed by atoms with Gasteiger partial charge in [-0.15, -0.1) is 0 Å². The highest BCUT2D eigenvalue weighted by molar-refractivity contribution is 7.92. The van der Waals surface area contributed by atoms with Crippen LogP contribution in [0.5, 0.6) is 5.75 Å². The number of nitrogens with zero attached hydrogens (tertiary/aromatic N) is 2. The standard InChI is InChI=1S/C30H37N3O4S/c1-3-37-29-14-8-7-13-28(29)33(38(2,35)36)22-24-15-17-25(18-16-24)30(34)31-21-26-11-5-6-12-27(26)23-32-19-9-4-10-20-32/h5-8,11-18H,3-4,9-10,19-23H2,1-2H3,(H,31,34). The van der Waals surface area contributed by atoms with Crippen LogP contribution in [0.3, 0.4) is 0 Å². The number of likely N-dealkylation sites (tertiary alicyclic amines) is 1. The molecule has 3 aromatic rings. The highest BCUT2D eigenvalue weighted by Crippen LogP contribution is 2.31. The molecule has 202 valence electrons. The molecule has 1 amide bonds. The first kappa shape index (κ1) is 27.7. The molecule has 1 fully saturated rings. The van der Waals surface area contributed by atoms with Crippen LogP contribution in [0, 0.1) is 0 Å². The van der Waals surface area contributed by atoms with Crippen molar-refractivity contribution in [1.82, 2.24) is 10.2 Å². The number of rotatable bonds is 11. The van der Waals surface area contributed by atoms with E-state index < -0.39 is 10.0 Å². The van der Waals surface area contributed by atoms with Gasteiger partial charge in [0, 0.05) is 18.7 Å². The summed E-state index contributed by atoms with van der Waals surface area (Å²) in [6.07, 6.45) is 4.98. The SMILES string of the molecule is CCOc1ccccc1N(Cc1ccc(C(=O)NCc2ccccc2CN2CCCCC2)cc1)S(C)(=O)=O. The van der Waals surface area contributed by atoms with Crippen LogP contribution in [-0.2, 0) is 29.7 Å². The van der Waals surface area contributed by atoms with Gasteiger partial charge in [-0.2, -0.15) is 0 Å². The third-order valence-electron chi connectivity index (χ3n) is 6.78. The Morgan fingerprint density at radius 2 is 1.58 bits per heavy atom. The lowest BCUT2D eigenvalue weighted by Crippen LogP contribution is -2.30. The zero-order valence-corrected chi connectivity index (χ0v) is 23.0. The maximum Gasteiger partial charge on any atom is 0.251 e. The van der Waals surface area contributed by atoms with Crippen LogP contribution < -0.4 is 14.4 Å². The van der Waals surface area contributed by atoms with Gasteiger partial charge in [0.15, 0.2) is 0 Å². The van der Waals surface area contributed by atoms with Gasteiger partial charge in [0.05, 0.1) is 25.1 Å². The Morgan fingerprint density at radius 3 is 2.26 bits per heavy atom. The Kier molecular flexibility index (Phi) is 9.42. The molecule has 0 aromatic heterocycles. The first-order valence-electron chi connectivity index (χ1n) is 13.2. The van der Waals surface area contributed by atoms with Crippen LogP contribution in [0.25, 0.3) is 0 Å². The van der Waals surface area contributed by atoms with Crippen LogP contribution in [0.1, 0.15) is 53.2 Å². The van der Waals surface area contributed by atoms with Crippen LogP contribution >= 0.6 is 0 Å². The summed E-state index contributed by atoms with van der Waals surface area (Å²) in [6.45, 7) is 6.04. The van der Waals surface area contributed by atoms with Crippen molar-refractivity contribution in [2.75, 3.05) is 30.3 Å². The minimum absolute atomic E-state index is 0.134. The second-order valence-electron chi connectivity index (χ2n) is 9.66. The Bertz CT molecular complexity index is 1320. The molecular weight excluding hydrogens is 498 g/mol. The van der Waals surface area contributed by atoms with Crippen LogP contribution in [0.2, 0.25) is 0 Å². The number of amides is 1. The number of para-hydroxylation sites is 2. The fourth-order valence-electron chi connectivity index (χ4n) is 4.77. The molecule has 8 heteroatoms. The van der Waals surface area contributed by atoms with Crippen molar-refractivity contribution < 1.29 is 17.9 Å². The van der Waals surface area contributed by atoms with E-state index in [1.54, 1.807) is 42.5 Å². The fourth-order valence-corrected chi connectivity index (χ4v) is 5.66. The molecule has 0 aliphatic carbocycles. The average molecular weight is 536 g/mol. The Hall–Kier alpha value is -3.36. The zero-order valence-electron chi connectivity index (χ0n) is 22.2. The number of piperidine rings is 1. The third-order valence-corrected chi connectivity index (χ3v) is 7.90. The molecule has 7 nitrogen and oxygen atoms in total. The van der Waals surface area contributed by atoms with Crippen molar-refractivity contribution in [1.29, 1.82) is 0 Å². The average Bonchev–Trinajstić information content (AvgIpc) is 2.92. The van der Waals surface area contributed by atoms with E-state index in [2.05, 4.69) is 28.4 Å². The van der Waals surface area contributed by atoms with Gasteiger partial charge in [-0.25, -0.2) is 8.42 Å².